The molecule has 6 nitrogen and oxygen atoms in total. The van der Waals surface area contributed by atoms with Crippen molar-refractivity contribution >= 4 is 23.2 Å². The molecule has 2 aliphatic rings. The van der Waals surface area contributed by atoms with Crippen LogP contribution in [0, 0.1) is 5.92 Å². The molecule has 7 heteroatoms. The second kappa shape index (κ2) is 7.00. The van der Waals surface area contributed by atoms with Crippen molar-refractivity contribution in [2.24, 2.45) is 5.92 Å². The van der Waals surface area contributed by atoms with Crippen molar-refractivity contribution in [3.8, 4) is 10.8 Å². The Hall–Kier alpha value is -2.15. The first kappa shape index (κ1) is 16.3. The number of rotatable bonds is 3. The van der Waals surface area contributed by atoms with Crippen LogP contribution in [0.25, 0.3) is 10.8 Å². The van der Waals surface area contributed by atoms with Crippen LogP contribution in [0.3, 0.4) is 0 Å². The molecule has 2 aromatic heterocycles. The molecule has 0 saturated carbocycles. The minimum atomic E-state index is -0.0545. The van der Waals surface area contributed by atoms with E-state index in [1.165, 1.54) is 11.3 Å². The molecule has 2 aromatic rings. The largest absolute Gasteiger partial charge is 0.462 e. The average Bonchev–Trinajstić information content (AvgIpc) is 3.42. The van der Waals surface area contributed by atoms with Crippen LogP contribution in [0.15, 0.2) is 28.2 Å². The van der Waals surface area contributed by atoms with Crippen molar-refractivity contribution in [1.29, 1.82) is 0 Å². The fraction of sp³-hybridized carbons (Fsp3) is 0.500. The van der Waals surface area contributed by atoms with E-state index in [1.54, 1.807) is 17.7 Å². The van der Waals surface area contributed by atoms with Crippen LogP contribution >= 0.6 is 11.3 Å². The number of likely N-dealkylation sites (tertiary alicyclic amines) is 2. The molecule has 0 aromatic carbocycles. The van der Waals surface area contributed by atoms with E-state index in [9.17, 15) is 9.59 Å². The number of thiazole rings is 1. The summed E-state index contributed by atoms with van der Waals surface area (Å²) in [5.41, 5.74) is 0.459. The molecular weight excluding hydrogens is 338 g/mol. The number of hydrogen-bond donors (Lipinski definition) is 0. The Labute approximate surface area is 150 Å². The molecule has 0 spiro atoms. The predicted octanol–water partition coefficient (Wildman–Crippen LogP) is 2.88. The minimum absolute atomic E-state index is 0.0545. The highest BCUT2D eigenvalue weighted by Crippen LogP contribution is 2.26. The normalized spacial score (nSPS) is 18.7. The van der Waals surface area contributed by atoms with Gasteiger partial charge in [0.05, 0.1) is 6.26 Å². The van der Waals surface area contributed by atoms with Crippen LogP contribution in [0.1, 0.15) is 36.2 Å². The van der Waals surface area contributed by atoms with E-state index in [0.717, 1.165) is 38.8 Å². The lowest BCUT2D eigenvalue weighted by Gasteiger charge is -2.32. The summed E-state index contributed by atoms with van der Waals surface area (Å²) in [4.78, 5) is 33.3. The zero-order valence-electron chi connectivity index (χ0n) is 14.0. The molecular formula is C18H21N3O3S. The molecule has 2 amide bonds. The number of carbonyl (C=O) groups excluding carboxylic acids is 2. The number of nitrogens with zero attached hydrogens (tertiary/aromatic N) is 3. The Balaban J connectivity index is 1.36. The van der Waals surface area contributed by atoms with Gasteiger partial charge in [0.15, 0.2) is 10.8 Å². The van der Waals surface area contributed by atoms with E-state index in [4.69, 9.17) is 4.42 Å². The summed E-state index contributed by atoms with van der Waals surface area (Å²) in [5, 5.41) is 2.49. The second-order valence-electron chi connectivity index (χ2n) is 6.61. The van der Waals surface area contributed by atoms with Crippen molar-refractivity contribution in [1.82, 2.24) is 14.8 Å². The van der Waals surface area contributed by atoms with Crippen LogP contribution < -0.4 is 0 Å². The third-order valence-corrected chi connectivity index (χ3v) is 5.86. The van der Waals surface area contributed by atoms with Gasteiger partial charge >= 0.3 is 0 Å². The van der Waals surface area contributed by atoms with Crippen LogP contribution in [-0.4, -0.2) is 52.8 Å². The van der Waals surface area contributed by atoms with Crippen LogP contribution in [0.2, 0.25) is 0 Å². The van der Waals surface area contributed by atoms with Gasteiger partial charge in [-0.05, 0) is 37.8 Å². The van der Waals surface area contributed by atoms with Crippen LogP contribution in [0.5, 0.6) is 0 Å². The Kier molecular flexibility index (Phi) is 4.57. The Morgan fingerprint density at radius 3 is 2.56 bits per heavy atom. The monoisotopic (exact) mass is 359 g/mol. The fourth-order valence-corrected chi connectivity index (χ4v) is 4.33. The molecule has 0 unspecified atom stereocenters. The average molecular weight is 359 g/mol. The lowest BCUT2D eigenvalue weighted by atomic mass is 9.95. The van der Waals surface area contributed by atoms with Gasteiger partial charge in [-0.2, -0.15) is 0 Å². The highest BCUT2D eigenvalue weighted by Gasteiger charge is 2.32. The predicted molar refractivity (Wildman–Crippen MR) is 94.3 cm³/mol. The maximum Gasteiger partial charge on any atom is 0.273 e. The number of carbonyl (C=O) groups is 2. The Morgan fingerprint density at radius 2 is 1.88 bits per heavy atom. The molecule has 0 bridgehead atoms. The van der Waals surface area contributed by atoms with Gasteiger partial charge in [-0.3, -0.25) is 9.59 Å². The Morgan fingerprint density at radius 1 is 1.12 bits per heavy atom. The SMILES string of the molecule is O=C(c1csc(-c2ccco2)n1)N1CCC(C(=O)N2CCCC2)CC1. The summed E-state index contributed by atoms with van der Waals surface area (Å²) in [6, 6.07) is 3.64. The van der Waals surface area contributed by atoms with E-state index in [2.05, 4.69) is 4.98 Å². The van der Waals surface area contributed by atoms with Crippen molar-refractivity contribution in [3.05, 3.63) is 29.5 Å². The smallest absolute Gasteiger partial charge is 0.273 e. The van der Waals surface area contributed by atoms with Crippen molar-refractivity contribution in [3.63, 3.8) is 0 Å². The lowest BCUT2D eigenvalue weighted by molar-refractivity contribution is -0.135. The standard InChI is InChI=1S/C18H21N3O3S/c22-17(20-7-1-2-8-20)13-5-9-21(10-6-13)18(23)14-12-25-16(19-14)15-4-3-11-24-15/h3-4,11-13H,1-2,5-10H2. The van der Waals surface area contributed by atoms with E-state index >= 15 is 0 Å². The van der Waals surface area contributed by atoms with E-state index in [0.29, 0.717) is 29.6 Å². The number of aromatic nitrogens is 1. The van der Waals surface area contributed by atoms with Gasteiger partial charge in [0.25, 0.3) is 5.91 Å². The zero-order chi connectivity index (χ0) is 17.2. The summed E-state index contributed by atoms with van der Waals surface area (Å²) < 4.78 is 5.33. The molecule has 132 valence electrons. The number of piperidine rings is 1. The molecule has 25 heavy (non-hydrogen) atoms. The third kappa shape index (κ3) is 3.33. The summed E-state index contributed by atoms with van der Waals surface area (Å²) >= 11 is 1.41. The topological polar surface area (TPSA) is 66.7 Å². The second-order valence-corrected chi connectivity index (χ2v) is 7.47. The maximum atomic E-state index is 12.7. The van der Waals surface area contributed by atoms with Gasteiger partial charge < -0.3 is 14.2 Å². The highest BCUT2D eigenvalue weighted by molar-refractivity contribution is 7.13. The number of furan rings is 1. The first-order chi connectivity index (χ1) is 12.2. The summed E-state index contributed by atoms with van der Waals surface area (Å²) in [6.07, 6.45) is 5.32. The summed E-state index contributed by atoms with van der Waals surface area (Å²) in [5.74, 6) is 0.967. The van der Waals surface area contributed by atoms with E-state index < -0.39 is 0 Å². The van der Waals surface area contributed by atoms with Crippen LogP contribution in [0.4, 0.5) is 0 Å². The van der Waals surface area contributed by atoms with Crippen LogP contribution in [-0.2, 0) is 4.79 Å². The molecule has 4 rings (SSSR count). The summed E-state index contributed by atoms with van der Waals surface area (Å²) in [7, 11) is 0. The first-order valence-corrected chi connectivity index (χ1v) is 9.68. The molecule has 2 aliphatic heterocycles. The quantitative estimate of drug-likeness (QED) is 0.845. The van der Waals surface area contributed by atoms with Gasteiger partial charge in [0, 0.05) is 37.5 Å². The van der Waals surface area contributed by atoms with Crippen molar-refractivity contribution in [2.45, 2.75) is 25.7 Å². The highest BCUT2D eigenvalue weighted by atomic mass is 32.1. The van der Waals surface area contributed by atoms with Gasteiger partial charge in [-0.15, -0.1) is 11.3 Å². The maximum absolute atomic E-state index is 12.7. The molecule has 0 atom stereocenters. The minimum Gasteiger partial charge on any atom is -0.462 e. The van der Waals surface area contributed by atoms with Gasteiger partial charge in [-0.25, -0.2) is 4.98 Å². The van der Waals surface area contributed by atoms with Crippen molar-refractivity contribution in [2.75, 3.05) is 26.2 Å². The molecule has 0 N–H and O–H groups in total. The molecule has 0 radical (unpaired) electrons. The van der Waals surface area contributed by atoms with Gasteiger partial charge in [0.1, 0.15) is 5.69 Å². The van der Waals surface area contributed by atoms with Gasteiger partial charge in [-0.1, -0.05) is 0 Å². The molecule has 2 saturated heterocycles. The van der Waals surface area contributed by atoms with E-state index in [-0.39, 0.29) is 17.7 Å². The Bertz CT molecular complexity index is 741. The molecule has 0 aliphatic carbocycles. The summed E-state index contributed by atoms with van der Waals surface area (Å²) in [6.45, 7) is 3.03. The number of amides is 2. The third-order valence-electron chi connectivity index (χ3n) is 5.00. The van der Waals surface area contributed by atoms with E-state index in [1.807, 2.05) is 15.9 Å². The van der Waals surface area contributed by atoms with Gasteiger partial charge in [0.2, 0.25) is 5.91 Å². The first-order valence-electron chi connectivity index (χ1n) is 8.80. The van der Waals surface area contributed by atoms with Crippen molar-refractivity contribution < 1.29 is 14.0 Å². The zero-order valence-corrected chi connectivity index (χ0v) is 14.8. The number of hydrogen-bond acceptors (Lipinski definition) is 5. The molecule has 4 heterocycles. The lowest BCUT2D eigenvalue weighted by Crippen LogP contribution is -2.43. The molecule has 2 fully saturated rings. The fourth-order valence-electron chi connectivity index (χ4n) is 3.57.